The Bertz CT molecular complexity index is 517. The largest absolute Gasteiger partial charge is 0.399 e. The zero-order valence-electron chi connectivity index (χ0n) is 12.0. The summed E-state index contributed by atoms with van der Waals surface area (Å²) in [5.41, 5.74) is 6.16. The number of anilines is 1. The molecule has 0 atom stereocenters. The zero-order chi connectivity index (χ0) is 14.6. The van der Waals surface area contributed by atoms with Crippen LogP contribution in [0.1, 0.15) is 45.4 Å². The Hall–Kier alpha value is -1.07. The molecule has 1 saturated carbocycles. The van der Waals surface area contributed by atoms with Gasteiger partial charge in [-0.2, -0.15) is 0 Å². The molecule has 1 fully saturated rings. The van der Waals surface area contributed by atoms with Crippen LogP contribution in [0, 0.1) is 5.92 Å². The maximum atomic E-state index is 12.3. The summed E-state index contributed by atoms with van der Waals surface area (Å²) in [7, 11) is -3.41. The number of hydrogen-bond donors (Lipinski definition) is 2. The van der Waals surface area contributed by atoms with E-state index in [1.54, 1.807) is 24.3 Å². The van der Waals surface area contributed by atoms with E-state index in [4.69, 9.17) is 5.73 Å². The third-order valence-corrected chi connectivity index (χ3v) is 5.59. The summed E-state index contributed by atoms with van der Waals surface area (Å²) in [4.78, 5) is 0.294. The lowest BCUT2D eigenvalue weighted by Crippen LogP contribution is -2.37. The minimum atomic E-state index is -3.41. The number of hydrogen-bond acceptors (Lipinski definition) is 3. The van der Waals surface area contributed by atoms with Gasteiger partial charge in [0.2, 0.25) is 10.0 Å². The summed E-state index contributed by atoms with van der Waals surface area (Å²) in [5.74, 6) is 0.775. The molecule has 1 aliphatic carbocycles. The SMILES string of the molecule is CCCC1CCC(NS(=O)(=O)c2ccc(N)cc2)CC1. The average molecular weight is 296 g/mol. The first kappa shape index (κ1) is 15.3. The topological polar surface area (TPSA) is 72.2 Å². The van der Waals surface area contributed by atoms with Crippen LogP contribution in [0.15, 0.2) is 29.2 Å². The van der Waals surface area contributed by atoms with E-state index in [1.165, 1.54) is 12.8 Å². The Morgan fingerprint density at radius 2 is 1.75 bits per heavy atom. The van der Waals surface area contributed by atoms with Crippen molar-refractivity contribution in [2.24, 2.45) is 5.92 Å². The molecule has 0 bridgehead atoms. The number of rotatable bonds is 5. The highest BCUT2D eigenvalue weighted by atomic mass is 32.2. The van der Waals surface area contributed by atoms with Crippen molar-refractivity contribution in [3.8, 4) is 0 Å². The van der Waals surface area contributed by atoms with Crippen LogP contribution in [0.4, 0.5) is 5.69 Å². The summed E-state index contributed by atoms with van der Waals surface area (Å²) < 4.78 is 27.4. The van der Waals surface area contributed by atoms with Crippen molar-refractivity contribution in [2.45, 2.75) is 56.4 Å². The van der Waals surface area contributed by atoms with Crippen molar-refractivity contribution < 1.29 is 8.42 Å². The molecule has 20 heavy (non-hydrogen) atoms. The van der Waals surface area contributed by atoms with Crippen LogP contribution < -0.4 is 10.5 Å². The molecule has 1 aliphatic rings. The molecule has 0 spiro atoms. The van der Waals surface area contributed by atoms with Crippen LogP contribution in [-0.4, -0.2) is 14.5 Å². The Kier molecular flexibility index (Phi) is 5.05. The molecule has 5 heteroatoms. The Morgan fingerprint density at radius 3 is 2.30 bits per heavy atom. The molecule has 0 radical (unpaired) electrons. The Balaban J connectivity index is 1.94. The van der Waals surface area contributed by atoms with Gasteiger partial charge in [0.1, 0.15) is 0 Å². The second-order valence-electron chi connectivity index (χ2n) is 5.70. The predicted molar refractivity (Wildman–Crippen MR) is 81.8 cm³/mol. The van der Waals surface area contributed by atoms with Gasteiger partial charge in [0.25, 0.3) is 0 Å². The lowest BCUT2D eigenvalue weighted by atomic mass is 9.84. The van der Waals surface area contributed by atoms with Gasteiger partial charge in [-0.1, -0.05) is 19.8 Å². The fourth-order valence-corrected chi connectivity index (χ4v) is 4.22. The quantitative estimate of drug-likeness (QED) is 0.821. The summed E-state index contributed by atoms with van der Waals surface area (Å²) in [5, 5.41) is 0. The van der Waals surface area contributed by atoms with Gasteiger partial charge in [-0.3, -0.25) is 0 Å². The molecule has 0 unspecified atom stereocenters. The number of sulfonamides is 1. The molecule has 4 nitrogen and oxygen atoms in total. The molecule has 112 valence electrons. The molecule has 0 saturated heterocycles. The van der Waals surface area contributed by atoms with E-state index >= 15 is 0 Å². The maximum Gasteiger partial charge on any atom is 0.240 e. The van der Waals surface area contributed by atoms with Gasteiger partial charge >= 0.3 is 0 Å². The minimum absolute atomic E-state index is 0.0747. The fourth-order valence-electron chi connectivity index (χ4n) is 2.91. The van der Waals surface area contributed by atoms with Gasteiger partial charge in [-0.15, -0.1) is 0 Å². The third-order valence-electron chi connectivity index (χ3n) is 4.06. The van der Waals surface area contributed by atoms with Gasteiger partial charge in [0, 0.05) is 11.7 Å². The molecule has 2 rings (SSSR count). The van der Waals surface area contributed by atoms with E-state index in [-0.39, 0.29) is 6.04 Å². The van der Waals surface area contributed by atoms with E-state index in [0.29, 0.717) is 10.6 Å². The van der Waals surface area contributed by atoms with Crippen LogP contribution in [0.3, 0.4) is 0 Å². The average Bonchev–Trinajstić information content (AvgIpc) is 2.41. The summed E-state index contributed by atoms with van der Waals surface area (Å²) in [6, 6.07) is 6.42. The van der Waals surface area contributed by atoms with Crippen LogP contribution >= 0.6 is 0 Å². The maximum absolute atomic E-state index is 12.3. The van der Waals surface area contributed by atoms with Gasteiger partial charge in [-0.25, -0.2) is 13.1 Å². The number of benzene rings is 1. The molecule has 1 aromatic carbocycles. The predicted octanol–water partition coefficient (Wildman–Crippen LogP) is 2.91. The Morgan fingerprint density at radius 1 is 1.15 bits per heavy atom. The smallest absolute Gasteiger partial charge is 0.240 e. The lowest BCUT2D eigenvalue weighted by molar-refractivity contribution is 0.297. The molecule has 0 heterocycles. The normalized spacial score (nSPS) is 23.6. The fraction of sp³-hybridized carbons (Fsp3) is 0.600. The van der Waals surface area contributed by atoms with E-state index in [2.05, 4.69) is 11.6 Å². The molecule has 0 aliphatic heterocycles. The summed E-state index contributed by atoms with van der Waals surface area (Å²) in [6.45, 7) is 2.20. The molecule has 3 N–H and O–H groups in total. The highest BCUT2D eigenvalue weighted by Crippen LogP contribution is 2.28. The van der Waals surface area contributed by atoms with E-state index < -0.39 is 10.0 Å². The van der Waals surface area contributed by atoms with Crippen molar-refractivity contribution >= 4 is 15.7 Å². The second-order valence-corrected chi connectivity index (χ2v) is 7.41. The van der Waals surface area contributed by atoms with Crippen molar-refractivity contribution in [2.75, 3.05) is 5.73 Å². The molecule has 0 aromatic heterocycles. The van der Waals surface area contributed by atoms with E-state index in [1.807, 2.05) is 0 Å². The van der Waals surface area contributed by atoms with Gasteiger partial charge in [0.05, 0.1) is 4.90 Å². The van der Waals surface area contributed by atoms with Crippen LogP contribution in [0.5, 0.6) is 0 Å². The molecule has 1 aromatic rings. The number of nitrogens with two attached hydrogens (primary N) is 1. The molecular weight excluding hydrogens is 272 g/mol. The second kappa shape index (κ2) is 6.59. The standard InChI is InChI=1S/C15H24N2O2S/c1-2-3-12-4-8-14(9-5-12)17-20(18,19)15-10-6-13(16)7-11-15/h6-7,10-12,14,17H,2-5,8-9,16H2,1H3. The van der Waals surface area contributed by atoms with Crippen molar-refractivity contribution in [1.82, 2.24) is 4.72 Å². The first-order valence-electron chi connectivity index (χ1n) is 7.39. The van der Waals surface area contributed by atoms with Gasteiger partial charge in [0.15, 0.2) is 0 Å². The lowest BCUT2D eigenvalue weighted by Gasteiger charge is -2.28. The minimum Gasteiger partial charge on any atom is -0.399 e. The monoisotopic (exact) mass is 296 g/mol. The molecule has 0 amide bonds. The van der Waals surface area contributed by atoms with Crippen molar-refractivity contribution in [1.29, 1.82) is 0 Å². The van der Waals surface area contributed by atoms with Crippen LogP contribution in [0.25, 0.3) is 0 Å². The highest BCUT2D eigenvalue weighted by Gasteiger charge is 2.25. The van der Waals surface area contributed by atoms with Crippen molar-refractivity contribution in [3.63, 3.8) is 0 Å². The Labute approximate surface area is 121 Å². The van der Waals surface area contributed by atoms with E-state index in [0.717, 1.165) is 31.6 Å². The van der Waals surface area contributed by atoms with E-state index in [9.17, 15) is 8.42 Å². The highest BCUT2D eigenvalue weighted by molar-refractivity contribution is 7.89. The van der Waals surface area contributed by atoms with Crippen molar-refractivity contribution in [3.05, 3.63) is 24.3 Å². The summed E-state index contributed by atoms with van der Waals surface area (Å²) >= 11 is 0. The first-order chi connectivity index (χ1) is 9.51. The van der Waals surface area contributed by atoms with Gasteiger partial charge < -0.3 is 5.73 Å². The first-order valence-corrected chi connectivity index (χ1v) is 8.87. The van der Waals surface area contributed by atoms with Gasteiger partial charge in [-0.05, 0) is 55.9 Å². The zero-order valence-corrected chi connectivity index (χ0v) is 12.8. The molecular formula is C15H24N2O2S. The summed E-state index contributed by atoms with van der Waals surface area (Å²) in [6.07, 6.45) is 6.62. The van der Waals surface area contributed by atoms with Crippen LogP contribution in [-0.2, 0) is 10.0 Å². The van der Waals surface area contributed by atoms with Crippen LogP contribution in [0.2, 0.25) is 0 Å². The number of nitrogen functional groups attached to an aromatic ring is 1. The number of nitrogens with one attached hydrogen (secondary N) is 1. The third kappa shape index (κ3) is 3.96.